The normalized spacial score (nSPS) is 14.0. The molecular weight excluding hydrogens is 838 g/mol. The van der Waals surface area contributed by atoms with E-state index in [2.05, 4.69) is 62.5 Å². The van der Waals surface area contributed by atoms with Crippen molar-refractivity contribution in [3.63, 3.8) is 0 Å². The molecule has 10 nitrogen and oxygen atoms in total. The fourth-order valence-corrected chi connectivity index (χ4v) is 8.21. The van der Waals surface area contributed by atoms with Gasteiger partial charge in [-0.2, -0.15) is 0 Å². The molecule has 0 aliphatic heterocycles. The molecule has 380 valence electrons. The average molecular weight is 938 g/mol. The second kappa shape index (κ2) is 49.8. The molecular formula is C54H100NO9P. The number of phosphoric ester groups is 1. The standard InChI is InChI=1S/C54H100NO9P/c1-3-5-7-9-11-13-15-17-19-21-23-25-26-27-28-30-32-34-36-38-40-42-44-46-53(56)64-51(49-62-65(59,60)63-50-52(55)54(57)58)48-61-47-45-43-41-39-37-35-33-31-29-24-22-20-18-16-14-12-10-8-6-4-2/h15,17-18,20-21,23,26-27,51-52H,3-14,16,19,22,24-25,28-50,55H2,1-2H3,(H,57,58)(H,59,60)/b17-15-,20-18-,23-21-,27-26-. The monoisotopic (exact) mass is 938 g/mol. The molecule has 0 fully saturated rings. The molecule has 0 aliphatic carbocycles. The first kappa shape index (κ1) is 62.9. The maximum atomic E-state index is 12.7. The van der Waals surface area contributed by atoms with Gasteiger partial charge in [-0.15, -0.1) is 0 Å². The highest BCUT2D eigenvalue weighted by molar-refractivity contribution is 7.47. The van der Waals surface area contributed by atoms with Crippen LogP contribution in [0.5, 0.6) is 0 Å². The Labute approximate surface area is 399 Å². The summed E-state index contributed by atoms with van der Waals surface area (Å²) in [4.78, 5) is 33.7. The van der Waals surface area contributed by atoms with Crippen LogP contribution in [0.2, 0.25) is 0 Å². The third-order valence-electron chi connectivity index (χ3n) is 11.6. The van der Waals surface area contributed by atoms with Gasteiger partial charge in [0.05, 0.1) is 19.8 Å². The number of carbonyl (C=O) groups excluding carboxylic acids is 1. The van der Waals surface area contributed by atoms with E-state index in [1.807, 2.05) is 0 Å². The van der Waals surface area contributed by atoms with Crippen LogP contribution >= 0.6 is 7.82 Å². The van der Waals surface area contributed by atoms with Gasteiger partial charge in [0, 0.05) is 13.0 Å². The number of allylic oxidation sites excluding steroid dienone is 8. The van der Waals surface area contributed by atoms with Crippen LogP contribution in [0.15, 0.2) is 48.6 Å². The van der Waals surface area contributed by atoms with E-state index in [0.717, 1.165) is 57.8 Å². The van der Waals surface area contributed by atoms with Crippen molar-refractivity contribution in [1.29, 1.82) is 0 Å². The van der Waals surface area contributed by atoms with Gasteiger partial charge in [0.25, 0.3) is 0 Å². The van der Waals surface area contributed by atoms with Crippen LogP contribution in [0.25, 0.3) is 0 Å². The molecule has 0 spiro atoms. The van der Waals surface area contributed by atoms with E-state index in [4.69, 9.17) is 29.4 Å². The predicted molar refractivity (Wildman–Crippen MR) is 272 cm³/mol. The highest BCUT2D eigenvalue weighted by Crippen LogP contribution is 2.43. The lowest BCUT2D eigenvalue weighted by Crippen LogP contribution is -2.34. The average Bonchev–Trinajstić information content (AvgIpc) is 3.29. The summed E-state index contributed by atoms with van der Waals surface area (Å²) in [6.45, 7) is 3.89. The number of unbranched alkanes of at least 4 members (excludes halogenated alkanes) is 29. The van der Waals surface area contributed by atoms with E-state index in [1.165, 1.54) is 161 Å². The first-order valence-corrected chi connectivity index (χ1v) is 28.2. The lowest BCUT2D eigenvalue weighted by atomic mass is 10.1. The summed E-state index contributed by atoms with van der Waals surface area (Å²) < 4.78 is 33.5. The molecule has 0 saturated heterocycles. The molecule has 0 heterocycles. The van der Waals surface area contributed by atoms with Crippen LogP contribution in [0, 0.1) is 0 Å². The number of esters is 1. The minimum atomic E-state index is -4.63. The summed E-state index contributed by atoms with van der Waals surface area (Å²) in [6, 6.07) is -1.48. The number of rotatable bonds is 51. The van der Waals surface area contributed by atoms with Crippen molar-refractivity contribution >= 4 is 19.8 Å². The van der Waals surface area contributed by atoms with Crippen molar-refractivity contribution in [1.82, 2.24) is 0 Å². The summed E-state index contributed by atoms with van der Waals surface area (Å²) >= 11 is 0. The topological polar surface area (TPSA) is 155 Å². The van der Waals surface area contributed by atoms with E-state index >= 15 is 0 Å². The molecule has 0 bridgehead atoms. The number of hydrogen-bond donors (Lipinski definition) is 3. The van der Waals surface area contributed by atoms with Gasteiger partial charge >= 0.3 is 19.8 Å². The second-order valence-corrected chi connectivity index (χ2v) is 19.5. The second-order valence-electron chi connectivity index (χ2n) is 18.0. The molecule has 0 aromatic heterocycles. The van der Waals surface area contributed by atoms with Crippen LogP contribution < -0.4 is 5.73 Å². The number of phosphoric acid groups is 1. The van der Waals surface area contributed by atoms with Crippen LogP contribution in [-0.2, 0) is 32.7 Å². The number of ether oxygens (including phenoxy) is 2. The lowest BCUT2D eigenvalue weighted by Gasteiger charge is -2.20. The Kier molecular flexibility index (Phi) is 48.2. The zero-order chi connectivity index (χ0) is 47.6. The third kappa shape index (κ3) is 49.7. The smallest absolute Gasteiger partial charge is 0.472 e. The molecule has 0 radical (unpaired) electrons. The number of carboxylic acid groups (broad SMARTS) is 1. The van der Waals surface area contributed by atoms with Crippen molar-refractivity contribution in [2.24, 2.45) is 5.73 Å². The highest BCUT2D eigenvalue weighted by atomic mass is 31.2. The van der Waals surface area contributed by atoms with Crippen molar-refractivity contribution < 1.29 is 42.7 Å². The number of carboxylic acids is 1. The summed E-state index contributed by atoms with van der Waals surface area (Å²) in [5.74, 6) is -1.78. The van der Waals surface area contributed by atoms with E-state index < -0.39 is 45.1 Å². The number of carbonyl (C=O) groups is 2. The molecule has 3 unspecified atom stereocenters. The molecule has 0 amide bonds. The van der Waals surface area contributed by atoms with Crippen molar-refractivity contribution in [2.75, 3.05) is 26.4 Å². The Morgan fingerprint density at radius 3 is 1.28 bits per heavy atom. The molecule has 3 atom stereocenters. The zero-order valence-electron chi connectivity index (χ0n) is 41.8. The Hall–Kier alpha value is -2.07. The molecule has 0 aromatic carbocycles. The van der Waals surface area contributed by atoms with E-state index in [-0.39, 0.29) is 13.0 Å². The molecule has 4 N–H and O–H groups in total. The van der Waals surface area contributed by atoms with Gasteiger partial charge in [-0.25, -0.2) is 4.57 Å². The first-order valence-electron chi connectivity index (χ1n) is 26.7. The van der Waals surface area contributed by atoms with Crippen molar-refractivity contribution in [3.05, 3.63) is 48.6 Å². The zero-order valence-corrected chi connectivity index (χ0v) is 42.7. The minimum Gasteiger partial charge on any atom is -0.480 e. The molecule has 0 saturated carbocycles. The molecule has 0 aliphatic rings. The molecule has 11 heteroatoms. The van der Waals surface area contributed by atoms with Crippen LogP contribution in [0.4, 0.5) is 0 Å². The number of nitrogens with two attached hydrogens (primary N) is 1. The van der Waals surface area contributed by atoms with E-state index in [9.17, 15) is 19.0 Å². The fraction of sp³-hybridized carbons (Fsp3) is 0.815. The number of aliphatic carboxylic acids is 1. The van der Waals surface area contributed by atoms with Crippen LogP contribution in [0.3, 0.4) is 0 Å². The Bertz CT molecular complexity index is 1220. The van der Waals surface area contributed by atoms with Gasteiger partial charge in [-0.1, -0.05) is 210 Å². The lowest BCUT2D eigenvalue weighted by molar-refractivity contribution is -0.154. The van der Waals surface area contributed by atoms with Gasteiger partial charge in [0.2, 0.25) is 0 Å². The Morgan fingerprint density at radius 2 is 0.846 bits per heavy atom. The predicted octanol–water partition coefficient (Wildman–Crippen LogP) is 15.8. The van der Waals surface area contributed by atoms with Crippen LogP contribution in [0.1, 0.15) is 245 Å². The van der Waals surface area contributed by atoms with Gasteiger partial charge in [-0.3, -0.25) is 18.6 Å². The van der Waals surface area contributed by atoms with Crippen LogP contribution in [-0.4, -0.2) is 60.5 Å². The van der Waals surface area contributed by atoms with Gasteiger partial charge < -0.3 is 25.2 Å². The third-order valence-corrected chi connectivity index (χ3v) is 12.5. The quantitative estimate of drug-likeness (QED) is 0.0232. The summed E-state index contributed by atoms with van der Waals surface area (Å²) in [5, 5.41) is 8.94. The molecule has 0 aromatic rings. The maximum Gasteiger partial charge on any atom is 0.472 e. The molecule has 0 rings (SSSR count). The van der Waals surface area contributed by atoms with Gasteiger partial charge in [0.1, 0.15) is 12.1 Å². The summed E-state index contributed by atoms with van der Waals surface area (Å²) in [6.07, 6.45) is 60.2. The van der Waals surface area contributed by atoms with Crippen molar-refractivity contribution in [3.8, 4) is 0 Å². The fourth-order valence-electron chi connectivity index (χ4n) is 7.43. The Balaban J connectivity index is 4.14. The van der Waals surface area contributed by atoms with Gasteiger partial charge in [-0.05, 0) is 77.0 Å². The minimum absolute atomic E-state index is 0.0132. The van der Waals surface area contributed by atoms with Crippen molar-refractivity contribution in [2.45, 2.75) is 257 Å². The van der Waals surface area contributed by atoms with E-state index in [0.29, 0.717) is 13.0 Å². The number of hydrogen-bond acceptors (Lipinski definition) is 8. The van der Waals surface area contributed by atoms with Gasteiger partial charge in [0.15, 0.2) is 0 Å². The SMILES string of the molecule is CCCCCCC/C=C\C/C=C\C/C=C\CCCCCCCCCCC(=O)OC(COCCCCCCCCCCCC/C=C\CCCCCCCC)COP(=O)(O)OCC(N)C(=O)O. The Morgan fingerprint density at radius 1 is 0.492 bits per heavy atom. The largest absolute Gasteiger partial charge is 0.480 e. The maximum absolute atomic E-state index is 12.7. The van der Waals surface area contributed by atoms with E-state index in [1.54, 1.807) is 0 Å². The molecule has 65 heavy (non-hydrogen) atoms. The summed E-state index contributed by atoms with van der Waals surface area (Å²) in [7, 11) is -4.63. The highest BCUT2D eigenvalue weighted by Gasteiger charge is 2.27. The first-order chi connectivity index (χ1) is 31.7. The summed E-state index contributed by atoms with van der Waals surface area (Å²) in [5.41, 5.74) is 5.38.